The van der Waals surface area contributed by atoms with Gasteiger partial charge in [0.15, 0.2) is 9.84 Å². The summed E-state index contributed by atoms with van der Waals surface area (Å²) in [4.78, 5) is 4.43. The highest BCUT2D eigenvalue weighted by Gasteiger charge is 2.48. The molecule has 2 aromatic rings. The van der Waals surface area contributed by atoms with Gasteiger partial charge in [0, 0.05) is 17.3 Å². The summed E-state index contributed by atoms with van der Waals surface area (Å²) in [6.45, 7) is 1.93. The van der Waals surface area contributed by atoms with E-state index < -0.39 is 20.7 Å². The molecule has 1 aliphatic carbocycles. The molecule has 1 aromatic heterocycles. The molecule has 0 radical (unpaired) electrons. The molecule has 5 heteroatoms. The molecule has 2 unspecified atom stereocenters. The Morgan fingerprint density at radius 3 is 2.76 bits per heavy atom. The van der Waals surface area contributed by atoms with Crippen LogP contribution in [-0.4, -0.2) is 30.0 Å². The van der Waals surface area contributed by atoms with Crippen LogP contribution in [-0.2, 0) is 15.4 Å². The zero-order valence-corrected chi connectivity index (χ0v) is 13.0. The van der Waals surface area contributed by atoms with Crippen LogP contribution in [0.5, 0.6) is 0 Å². The Kier molecular flexibility index (Phi) is 3.30. The van der Waals surface area contributed by atoms with Crippen LogP contribution in [0.3, 0.4) is 0 Å². The van der Waals surface area contributed by atoms with Crippen molar-refractivity contribution in [3.63, 3.8) is 0 Å². The zero-order chi connectivity index (χ0) is 15.3. The van der Waals surface area contributed by atoms with Crippen molar-refractivity contribution >= 4 is 20.7 Å². The molecule has 1 saturated carbocycles. The third-order valence-corrected chi connectivity index (χ3v) is 6.06. The van der Waals surface area contributed by atoms with Gasteiger partial charge in [-0.1, -0.05) is 12.1 Å². The second-order valence-electron chi connectivity index (χ2n) is 5.99. The fourth-order valence-corrected chi connectivity index (χ4v) is 4.91. The topological polar surface area (TPSA) is 67.3 Å². The first-order valence-corrected chi connectivity index (χ1v) is 9.05. The predicted molar refractivity (Wildman–Crippen MR) is 82.9 cm³/mol. The molecule has 3 rings (SSSR count). The van der Waals surface area contributed by atoms with Gasteiger partial charge in [0.25, 0.3) is 0 Å². The van der Waals surface area contributed by atoms with Crippen molar-refractivity contribution < 1.29 is 13.5 Å². The van der Waals surface area contributed by atoms with E-state index >= 15 is 0 Å². The van der Waals surface area contributed by atoms with E-state index in [-0.39, 0.29) is 0 Å². The molecule has 4 nitrogen and oxygen atoms in total. The van der Waals surface area contributed by atoms with Gasteiger partial charge in [-0.05, 0) is 49.9 Å². The van der Waals surface area contributed by atoms with E-state index in [9.17, 15) is 13.5 Å². The van der Waals surface area contributed by atoms with Gasteiger partial charge in [-0.2, -0.15) is 0 Å². The summed E-state index contributed by atoms with van der Waals surface area (Å²) >= 11 is 0. The van der Waals surface area contributed by atoms with Gasteiger partial charge in [0.05, 0.1) is 10.8 Å². The predicted octanol–water partition coefficient (Wildman–Crippen LogP) is 2.33. The molecule has 0 aliphatic heterocycles. The smallest absolute Gasteiger partial charge is 0.153 e. The number of benzene rings is 1. The number of aromatic nitrogens is 1. The SMILES string of the molecule is Cc1ccc2cc(C3(O)CCCC3S(C)(=O)=O)ccc2n1. The lowest BCUT2D eigenvalue weighted by atomic mass is 9.91. The van der Waals surface area contributed by atoms with Crippen molar-refractivity contribution in [2.24, 2.45) is 0 Å². The molecule has 0 amide bonds. The third kappa shape index (κ3) is 2.45. The first kappa shape index (κ1) is 14.5. The number of aryl methyl sites for hydroxylation is 1. The van der Waals surface area contributed by atoms with Crippen LogP contribution >= 0.6 is 0 Å². The third-order valence-electron chi connectivity index (χ3n) is 4.40. The standard InChI is InChI=1S/C16H19NO3S/c1-11-5-6-12-10-13(7-8-14(12)17-11)16(18)9-3-4-15(16)21(2,19)20/h5-8,10,15,18H,3-4,9H2,1-2H3. The molecule has 1 aliphatic rings. The highest BCUT2D eigenvalue weighted by Crippen LogP contribution is 2.43. The van der Waals surface area contributed by atoms with Gasteiger partial charge >= 0.3 is 0 Å². The van der Waals surface area contributed by atoms with Crippen LogP contribution in [0, 0.1) is 6.92 Å². The molecule has 0 spiro atoms. The van der Waals surface area contributed by atoms with E-state index in [2.05, 4.69) is 4.98 Å². The van der Waals surface area contributed by atoms with Gasteiger partial charge in [0.1, 0.15) is 5.60 Å². The lowest BCUT2D eigenvalue weighted by Crippen LogP contribution is -2.39. The van der Waals surface area contributed by atoms with Crippen molar-refractivity contribution in [3.05, 3.63) is 41.6 Å². The Hall–Kier alpha value is -1.46. The highest BCUT2D eigenvalue weighted by atomic mass is 32.2. The minimum absolute atomic E-state index is 0.482. The molecule has 1 heterocycles. The van der Waals surface area contributed by atoms with Crippen molar-refractivity contribution in [3.8, 4) is 0 Å². The van der Waals surface area contributed by atoms with Crippen molar-refractivity contribution in [1.29, 1.82) is 0 Å². The van der Waals surface area contributed by atoms with Crippen LogP contribution in [0.1, 0.15) is 30.5 Å². The Morgan fingerprint density at radius 2 is 2.05 bits per heavy atom. The average molecular weight is 305 g/mol. The molecular weight excluding hydrogens is 286 g/mol. The molecule has 0 bridgehead atoms. The second kappa shape index (κ2) is 4.78. The molecule has 1 aromatic carbocycles. The fraction of sp³-hybridized carbons (Fsp3) is 0.438. The van der Waals surface area contributed by atoms with Gasteiger partial charge in [0.2, 0.25) is 0 Å². The zero-order valence-electron chi connectivity index (χ0n) is 12.2. The lowest BCUT2D eigenvalue weighted by molar-refractivity contribution is 0.0478. The minimum Gasteiger partial charge on any atom is -0.384 e. The summed E-state index contributed by atoms with van der Waals surface area (Å²) < 4.78 is 23.9. The van der Waals surface area contributed by atoms with Crippen LogP contribution in [0.2, 0.25) is 0 Å². The maximum Gasteiger partial charge on any atom is 0.153 e. The molecule has 112 valence electrons. The molecule has 1 fully saturated rings. The van der Waals surface area contributed by atoms with Gasteiger partial charge in [-0.15, -0.1) is 0 Å². The number of fused-ring (bicyclic) bond motifs is 1. The summed E-state index contributed by atoms with van der Waals surface area (Å²) in [5.41, 5.74) is 1.18. The number of sulfone groups is 1. The van der Waals surface area contributed by atoms with Crippen LogP contribution in [0.25, 0.3) is 10.9 Å². The molecule has 2 atom stereocenters. The van der Waals surface area contributed by atoms with Crippen molar-refractivity contribution in [2.45, 2.75) is 37.0 Å². The van der Waals surface area contributed by atoms with Gasteiger partial charge < -0.3 is 5.11 Å². The number of pyridine rings is 1. The Bertz CT molecular complexity index is 800. The number of aliphatic hydroxyl groups is 1. The summed E-state index contributed by atoms with van der Waals surface area (Å²) in [5, 5.41) is 11.2. The molecule has 1 N–H and O–H groups in total. The van der Waals surface area contributed by atoms with E-state index in [1.807, 2.05) is 31.2 Å². The van der Waals surface area contributed by atoms with Crippen LogP contribution in [0.4, 0.5) is 0 Å². The van der Waals surface area contributed by atoms with E-state index in [1.54, 1.807) is 6.07 Å². The first-order valence-electron chi connectivity index (χ1n) is 7.10. The fourth-order valence-electron chi connectivity index (χ4n) is 3.35. The summed E-state index contributed by atoms with van der Waals surface area (Å²) in [6.07, 6.45) is 2.92. The number of rotatable bonds is 2. The lowest BCUT2D eigenvalue weighted by Gasteiger charge is -2.29. The maximum absolute atomic E-state index is 12.0. The minimum atomic E-state index is -3.28. The Labute approximate surface area is 124 Å². The van der Waals surface area contributed by atoms with E-state index in [1.165, 1.54) is 6.26 Å². The largest absolute Gasteiger partial charge is 0.384 e. The van der Waals surface area contributed by atoms with Crippen LogP contribution < -0.4 is 0 Å². The Morgan fingerprint density at radius 1 is 1.29 bits per heavy atom. The van der Waals surface area contributed by atoms with E-state index in [0.29, 0.717) is 18.4 Å². The maximum atomic E-state index is 12.0. The summed E-state index contributed by atoms with van der Waals surface area (Å²) in [5.74, 6) is 0. The summed E-state index contributed by atoms with van der Waals surface area (Å²) in [6, 6.07) is 9.39. The number of hydrogen-bond acceptors (Lipinski definition) is 4. The normalized spacial score (nSPS) is 26.3. The van der Waals surface area contributed by atoms with E-state index in [0.717, 1.165) is 23.0 Å². The monoisotopic (exact) mass is 305 g/mol. The summed E-state index contributed by atoms with van der Waals surface area (Å²) in [7, 11) is -3.28. The van der Waals surface area contributed by atoms with Gasteiger partial charge in [-0.25, -0.2) is 8.42 Å². The van der Waals surface area contributed by atoms with Crippen LogP contribution in [0.15, 0.2) is 30.3 Å². The molecule has 21 heavy (non-hydrogen) atoms. The van der Waals surface area contributed by atoms with E-state index in [4.69, 9.17) is 0 Å². The quantitative estimate of drug-likeness (QED) is 0.924. The van der Waals surface area contributed by atoms with Gasteiger partial charge in [-0.3, -0.25) is 4.98 Å². The first-order chi connectivity index (χ1) is 9.80. The number of nitrogens with zero attached hydrogens (tertiary/aromatic N) is 1. The average Bonchev–Trinajstić information content (AvgIpc) is 2.81. The highest BCUT2D eigenvalue weighted by molar-refractivity contribution is 7.91. The molecular formula is C16H19NO3S. The number of hydrogen-bond donors (Lipinski definition) is 1. The Balaban J connectivity index is 2.12. The van der Waals surface area contributed by atoms with Crippen molar-refractivity contribution in [2.75, 3.05) is 6.26 Å². The second-order valence-corrected chi connectivity index (χ2v) is 8.22. The molecule has 0 saturated heterocycles. The van der Waals surface area contributed by atoms with Crippen molar-refractivity contribution in [1.82, 2.24) is 4.98 Å².